The maximum absolute atomic E-state index is 12.2. The molecule has 7 heteroatoms. The second-order valence-corrected chi connectivity index (χ2v) is 6.81. The van der Waals surface area contributed by atoms with Crippen LogP contribution in [-0.4, -0.2) is 39.8 Å². The summed E-state index contributed by atoms with van der Waals surface area (Å²) in [6.07, 6.45) is 4.68. The van der Waals surface area contributed by atoms with Gasteiger partial charge in [-0.25, -0.2) is 0 Å². The normalized spacial score (nSPS) is 15.9. The number of nitrogens with zero attached hydrogens (tertiary/aromatic N) is 3. The third kappa shape index (κ3) is 3.85. The molecule has 1 aliphatic rings. The van der Waals surface area contributed by atoms with E-state index in [-0.39, 0.29) is 5.91 Å². The van der Waals surface area contributed by atoms with Crippen molar-refractivity contribution in [2.45, 2.75) is 30.9 Å². The molecule has 0 N–H and O–H groups in total. The van der Waals surface area contributed by atoms with Crippen LogP contribution < -0.4 is 0 Å². The summed E-state index contributed by atoms with van der Waals surface area (Å²) in [5.41, 5.74) is 0. The summed E-state index contributed by atoms with van der Waals surface area (Å²) < 4.78 is 5.57. The Labute approximate surface area is 131 Å². The van der Waals surface area contributed by atoms with Gasteiger partial charge in [0.2, 0.25) is 5.91 Å². The van der Waals surface area contributed by atoms with Crippen molar-refractivity contribution >= 4 is 29.0 Å². The highest BCUT2D eigenvalue weighted by Crippen LogP contribution is 2.26. The quantitative estimate of drug-likeness (QED) is 0.808. The fourth-order valence-electron chi connectivity index (χ4n) is 2.30. The van der Waals surface area contributed by atoms with Crippen LogP contribution in [0.25, 0.3) is 10.8 Å². The van der Waals surface area contributed by atoms with Crippen molar-refractivity contribution < 1.29 is 9.21 Å². The van der Waals surface area contributed by atoms with Gasteiger partial charge in [-0.05, 0) is 24.3 Å². The second kappa shape index (κ2) is 7.09. The molecule has 0 unspecified atom stereocenters. The molecule has 0 spiro atoms. The van der Waals surface area contributed by atoms with Crippen molar-refractivity contribution in [1.29, 1.82) is 0 Å². The van der Waals surface area contributed by atoms with Crippen LogP contribution in [0.4, 0.5) is 0 Å². The number of aromatic nitrogens is 2. The van der Waals surface area contributed by atoms with E-state index in [0.29, 0.717) is 16.9 Å². The highest BCUT2D eigenvalue weighted by Gasteiger charge is 2.17. The first-order chi connectivity index (χ1) is 10.3. The van der Waals surface area contributed by atoms with E-state index >= 15 is 0 Å². The minimum atomic E-state index is 0.165. The first-order valence-electron chi connectivity index (χ1n) is 7.11. The van der Waals surface area contributed by atoms with Crippen LogP contribution in [0.1, 0.15) is 25.7 Å². The number of rotatable bonds is 4. The molecule has 0 atom stereocenters. The van der Waals surface area contributed by atoms with Gasteiger partial charge in [0.25, 0.3) is 11.1 Å². The average molecular weight is 323 g/mol. The zero-order valence-electron chi connectivity index (χ0n) is 11.7. The van der Waals surface area contributed by atoms with Crippen LogP contribution in [0.15, 0.2) is 27.2 Å². The van der Waals surface area contributed by atoms with Gasteiger partial charge in [-0.1, -0.05) is 30.7 Å². The Morgan fingerprint density at radius 2 is 2.10 bits per heavy atom. The van der Waals surface area contributed by atoms with E-state index in [1.807, 2.05) is 22.4 Å². The van der Waals surface area contributed by atoms with Crippen LogP contribution >= 0.6 is 23.1 Å². The molecule has 0 bridgehead atoms. The summed E-state index contributed by atoms with van der Waals surface area (Å²) in [5, 5.41) is 10.4. The largest absolute Gasteiger partial charge is 0.410 e. The van der Waals surface area contributed by atoms with Crippen LogP contribution in [0.2, 0.25) is 0 Å². The van der Waals surface area contributed by atoms with Crippen LogP contribution in [0.5, 0.6) is 0 Å². The first-order valence-corrected chi connectivity index (χ1v) is 8.97. The Bertz CT molecular complexity index is 575. The van der Waals surface area contributed by atoms with E-state index in [0.717, 1.165) is 30.8 Å². The first kappa shape index (κ1) is 14.6. The Kier molecular flexibility index (Phi) is 4.92. The molecule has 0 aliphatic carbocycles. The molecule has 1 amide bonds. The lowest BCUT2D eigenvalue weighted by Gasteiger charge is -2.19. The molecular weight excluding hydrogens is 306 g/mol. The second-order valence-electron chi connectivity index (χ2n) is 4.93. The number of carbonyl (C=O) groups excluding carboxylic acids is 1. The Hall–Kier alpha value is -1.34. The number of likely N-dealkylation sites (tertiary alicyclic amines) is 1. The summed E-state index contributed by atoms with van der Waals surface area (Å²) in [7, 11) is 0. The lowest BCUT2D eigenvalue weighted by molar-refractivity contribution is -0.128. The minimum absolute atomic E-state index is 0.165. The minimum Gasteiger partial charge on any atom is -0.410 e. The number of hydrogen-bond acceptors (Lipinski definition) is 6. The fraction of sp³-hybridized carbons (Fsp3) is 0.500. The molecule has 5 nitrogen and oxygen atoms in total. The molecule has 3 rings (SSSR count). The highest BCUT2D eigenvalue weighted by atomic mass is 32.2. The summed E-state index contributed by atoms with van der Waals surface area (Å²) in [5.74, 6) is 1.05. The molecule has 112 valence electrons. The smallest absolute Gasteiger partial charge is 0.277 e. The maximum atomic E-state index is 12.2. The molecule has 1 fully saturated rings. The van der Waals surface area contributed by atoms with Crippen molar-refractivity contribution in [2.24, 2.45) is 0 Å². The van der Waals surface area contributed by atoms with E-state index in [1.165, 1.54) is 24.6 Å². The number of thiophene rings is 1. The average Bonchev–Trinajstić information content (AvgIpc) is 3.11. The Balaban J connectivity index is 1.54. The Morgan fingerprint density at radius 1 is 1.29 bits per heavy atom. The van der Waals surface area contributed by atoms with E-state index in [9.17, 15) is 4.79 Å². The van der Waals surface area contributed by atoms with Gasteiger partial charge in [0.15, 0.2) is 0 Å². The Morgan fingerprint density at radius 3 is 2.81 bits per heavy atom. The van der Waals surface area contributed by atoms with Gasteiger partial charge in [-0.15, -0.1) is 21.5 Å². The molecule has 1 saturated heterocycles. The van der Waals surface area contributed by atoms with E-state index < -0.39 is 0 Å². The number of hydrogen-bond donors (Lipinski definition) is 0. The van der Waals surface area contributed by atoms with Crippen molar-refractivity contribution in [2.75, 3.05) is 18.8 Å². The molecule has 2 aromatic heterocycles. The van der Waals surface area contributed by atoms with Gasteiger partial charge < -0.3 is 9.32 Å². The van der Waals surface area contributed by atoms with E-state index in [4.69, 9.17) is 4.42 Å². The van der Waals surface area contributed by atoms with Gasteiger partial charge in [0.05, 0.1) is 10.6 Å². The van der Waals surface area contributed by atoms with Crippen molar-refractivity contribution in [3.63, 3.8) is 0 Å². The van der Waals surface area contributed by atoms with Gasteiger partial charge in [-0.3, -0.25) is 4.79 Å². The van der Waals surface area contributed by atoms with Gasteiger partial charge in [-0.2, -0.15) is 0 Å². The number of thioether (sulfide) groups is 1. The summed E-state index contributed by atoms with van der Waals surface area (Å²) in [6.45, 7) is 1.76. The summed E-state index contributed by atoms with van der Waals surface area (Å²) >= 11 is 2.88. The molecule has 1 aliphatic heterocycles. The number of carbonyl (C=O) groups is 1. The van der Waals surface area contributed by atoms with Crippen molar-refractivity contribution in [1.82, 2.24) is 15.1 Å². The van der Waals surface area contributed by atoms with Gasteiger partial charge in [0, 0.05) is 13.1 Å². The lowest BCUT2D eigenvalue weighted by atomic mass is 10.2. The summed E-state index contributed by atoms with van der Waals surface area (Å²) in [6, 6.07) is 3.88. The standard InChI is InChI=1S/C14H17N3O2S2/c18-12(17-7-3-1-2-4-8-17)10-21-14-16-15-13(19-14)11-6-5-9-20-11/h5-6,9H,1-4,7-8,10H2. The van der Waals surface area contributed by atoms with Gasteiger partial charge in [0.1, 0.15) is 0 Å². The highest BCUT2D eigenvalue weighted by molar-refractivity contribution is 7.99. The molecule has 21 heavy (non-hydrogen) atoms. The van der Waals surface area contributed by atoms with Crippen molar-refractivity contribution in [3.8, 4) is 10.8 Å². The van der Waals surface area contributed by atoms with Crippen LogP contribution in [0.3, 0.4) is 0 Å². The zero-order chi connectivity index (χ0) is 14.5. The topological polar surface area (TPSA) is 59.2 Å². The molecule has 0 radical (unpaired) electrons. The zero-order valence-corrected chi connectivity index (χ0v) is 13.3. The monoisotopic (exact) mass is 323 g/mol. The van der Waals surface area contributed by atoms with Crippen molar-refractivity contribution in [3.05, 3.63) is 17.5 Å². The predicted molar refractivity (Wildman–Crippen MR) is 83.4 cm³/mol. The van der Waals surface area contributed by atoms with Crippen LogP contribution in [0, 0.1) is 0 Å². The third-order valence-electron chi connectivity index (χ3n) is 3.42. The SMILES string of the molecule is O=C(CSc1nnc(-c2cccs2)o1)N1CCCCCC1. The molecule has 0 saturated carbocycles. The van der Waals surface area contributed by atoms with Gasteiger partial charge >= 0.3 is 0 Å². The fourth-order valence-corrected chi connectivity index (χ4v) is 3.61. The third-order valence-corrected chi connectivity index (χ3v) is 5.08. The van der Waals surface area contributed by atoms with E-state index in [2.05, 4.69) is 10.2 Å². The molecule has 3 heterocycles. The maximum Gasteiger partial charge on any atom is 0.277 e. The molecule has 0 aromatic carbocycles. The molecule has 2 aromatic rings. The van der Waals surface area contributed by atoms with Crippen LogP contribution in [-0.2, 0) is 4.79 Å². The van der Waals surface area contributed by atoms with E-state index in [1.54, 1.807) is 11.3 Å². The number of amides is 1. The molecular formula is C14H17N3O2S2. The predicted octanol–water partition coefficient (Wildman–Crippen LogP) is 3.29. The lowest BCUT2D eigenvalue weighted by Crippen LogP contribution is -2.33. The summed E-state index contributed by atoms with van der Waals surface area (Å²) in [4.78, 5) is 15.1.